The van der Waals surface area contributed by atoms with Gasteiger partial charge in [-0.15, -0.1) is 0 Å². The SMILES string of the molecule is COC(=NCc1ncc[nH]1)NC#N. The number of aromatic nitrogens is 2. The zero-order valence-electron chi connectivity index (χ0n) is 7.11. The molecule has 2 N–H and O–H groups in total. The molecule has 0 unspecified atom stereocenters. The topological polar surface area (TPSA) is 86.1 Å². The minimum Gasteiger partial charge on any atom is -0.468 e. The van der Waals surface area contributed by atoms with E-state index < -0.39 is 0 Å². The van der Waals surface area contributed by atoms with Crippen LogP contribution in [0.3, 0.4) is 0 Å². The fourth-order valence-corrected chi connectivity index (χ4v) is 0.734. The second-order valence-corrected chi connectivity index (χ2v) is 2.10. The van der Waals surface area contributed by atoms with Crippen LogP contribution in [0.5, 0.6) is 0 Å². The average molecular weight is 179 g/mol. The van der Waals surface area contributed by atoms with Gasteiger partial charge in [0.2, 0.25) is 0 Å². The fourth-order valence-electron chi connectivity index (χ4n) is 0.734. The van der Waals surface area contributed by atoms with Crippen LogP contribution in [-0.2, 0) is 11.3 Å². The number of nitriles is 1. The molecule has 68 valence electrons. The van der Waals surface area contributed by atoms with E-state index in [1.54, 1.807) is 18.6 Å². The van der Waals surface area contributed by atoms with Crippen LogP contribution >= 0.6 is 0 Å². The van der Waals surface area contributed by atoms with Gasteiger partial charge < -0.3 is 9.72 Å². The van der Waals surface area contributed by atoms with E-state index in [0.717, 1.165) is 0 Å². The molecule has 0 bridgehead atoms. The number of nitrogens with zero attached hydrogens (tertiary/aromatic N) is 3. The molecule has 1 rings (SSSR count). The Morgan fingerprint density at radius 2 is 2.77 bits per heavy atom. The lowest BCUT2D eigenvalue weighted by Crippen LogP contribution is -2.19. The molecule has 6 nitrogen and oxygen atoms in total. The van der Waals surface area contributed by atoms with Crippen LogP contribution in [-0.4, -0.2) is 23.1 Å². The monoisotopic (exact) mass is 179 g/mol. The van der Waals surface area contributed by atoms with Crippen molar-refractivity contribution < 1.29 is 4.74 Å². The summed E-state index contributed by atoms with van der Waals surface area (Å²) in [5, 5.41) is 10.6. The number of rotatable bonds is 2. The molecular formula is C7H9N5O. The van der Waals surface area contributed by atoms with E-state index in [2.05, 4.69) is 20.3 Å². The number of methoxy groups -OCH3 is 1. The molecule has 1 aromatic rings. The molecule has 0 aliphatic heterocycles. The van der Waals surface area contributed by atoms with Crippen molar-refractivity contribution in [3.8, 4) is 6.19 Å². The summed E-state index contributed by atoms with van der Waals surface area (Å²) in [6.45, 7) is 0.352. The third-order valence-corrected chi connectivity index (χ3v) is 1.28. The molecule has 0 saturated carbocycles. The molecule has 0 amide bonds. The molecule has 0 spiro atoms. The molecule has 0 aliphatic rings. The fraction of sp³-hybridized carbons (Fsp3) is 0.286. The van der Waals surface area contributed by atoms with Gasteiger partial charge in [0.05, 0.1) is 7.11 Å². The number of hydrogen-bond donors (Lipinski definition) is 2. The summed E-state index contributed by atoms with van der Waals surface area (Å²) >= 11 is 0. The first-order valence-corrected chi connectivity index (χ1v) is 3.58. The van der Waals surface area contributed by atoms with Crippen LogP contribution in [0, 0.1) is 11.5 Å². The van der Waals surface area contributed by atoms with E-state index in [-0.39, 0.29) is 6.02 Å². The van der Waals surface area contributed by atoms with Crippen molar-refractivity contribution in [2.24, 2.45) is 4.99 Å². The number of H-pyrrole nitrogens is 1. The first-order chi connectivity index (χ1) is 6.36. The summed E-state index contributed by atoms with van der Waals surface area (Å²) in [5.74, 6) is 0.717. The van der Waals surface area contributed by atoms with E-state index in [1.807, 2.05) is 0 Å². The normalized spacial score (nSPS) is 10.6. The van der Waals surface area contributed by atoms with Crippen molar-refractivity contribution in [3.63, 3.8) is 0 Å². The van der Waals surface area contributed by atoms with Crippen LogP contribution in [0.2, 0.25) is 0 Å². The summed E-state index contributed by atoms with van der Waals surface area (Å²) in [4.78, 5) is 10.8. The minimum atomic E-state index is 0.180. The molecule has 0 radical (unpaired) electrons. The number of aromatic amines is 1. The van der Waals surface area contributed by atoms with E-state index in [9.17, 15) is 0 Å². The number of ether oxygens (including phenoxy) is 1. The molecule has 0 aliphatic carbocycles. The van der Waals surface area contributed by atoms with Crippen molar-refractivity contribution in [1.82, 2.24) is 15.3 Å². The van der Waals surface area contributed by atoms with Crippen LogP contribution in [0.25, 0.3) is 0 Å². The van der Waals surface area contributed by atoms with Gasteiger partial charge in [-0.2, -0.15) is 5.26 Å². The largest absolute Gasteiger partial charge is 0.468 e. The van der Waals surface area contributed by atoms with Crippen molar-refractivity contribution in [2.75, 3.05) is 7.11 Å². The third kappa shape index (κ3) is 2.83. The summed E-state index contributed by atoms with van der Waals surface area (Å²) < 4.78 is 4.76. The highest BCUT2D eigenvalue weighted by molar-refractivity contribution is 5.74. The second-order valence-electron chi connectivity index (χ2n) is 2.10. The highest BCUT2D eigenvalue weighted by Gasteiger charge is 1.96. The first-order valence-electron chi connectivity index (χ1n) is 3.58. The Kier molecular flexibility index (Phi) is 3.32. The number of nitrogens with one attached hydrogen (secondary N) is 2. The van der Waals surface area contributed by atoms with Gasteiger partial charge in [-0.3, -0.25) is 0 Å². The van der Waals surface area contributed by atoms with Gasteiger partial charge in [-0.25, -0.2) is 15.3 Å². The second kappa shape index (κ2) is 4.77. The van der Waals surface area contributed by atoms with Gasteiger partial charge >= 0.3 is 0 Å². The van der Waals surface area contributed by atoms with Crippen molar-refractivity contribution in [2.45, 2.75) is 6.54 Å². The molecule has 0 fully saturated rings. The third-order valence-electron chi connectivity index (χ3n) is 1.28. The van der Waals surface area contributed by atoms with Crippen LogP contribution < -0.4 is 5.32 Å². The van der Waals surface area contributed by atoms with Crippen molar-refractivity contribution in [3.05, 3.63) is 18.2 Å². The number of imidazole rings is 1. The van der Waals surface area contributed by atoms with Gasteiger partial charge in [0.1, 0.15) is 12.4 Å². The Morgan fingerprint density at radius 3 is 3.31 bits per heavy atom. The number of amidine groups is 1. The van der Waals surface area contributed by atoms with Gasteiger partial charge in [0.15, 0.2) is 6.19 Å². The van der Waals surface area contributed by atoms with Crippen LogP contribution in [0.4, 0.5) is 0 Å². The maximum Gasteiger partial charge on any atom is 0.298 e. The Bertz CT molecular complexity index is 310. The molecule has 0 aromatic carbocycles. The van der Waals surface area contributed by atoms with Gasteiger partial charge in [-0.05, 0) is 0 Å². The zero-order chi connectivity index (χ0) is 9.52. The predicted molar refractivity (Wildman–Crippen MR) is 45.5 cm³/mol. The van der Waals surface area contributed by atoms with Gasteiger partial charge in [0.25, 0.3) is 6.02 Å². The minimum absolute atomic E-state index is 0.180. The average Bonchev–Trinajstić information content (AvgIpc) is 2.64. The highest BCUT2D eigenvalue weighted by Crippen LogP contribution is 1.91. The summed E-state index contributed by atoms with van der Waals surface area (Å²) in [5.41, 5.74) is 0. The van der Waals surface area contributed by atoms with Crippen LogP contribution in [0.1, 0.15) is 5.82 Å². The quantitative estimate of drug-likeness (QED) is 0.289. The lowest BCUT2D eigenvalue weighted by molar-refractivity contribution is 0.385. The summed E-state index contributed by atoms with van der Waals surface area (Å²) in [6, 6.07) is 0.180. The lowest BCUT2D eigenvalue weighted by Gasteiger charge is -1.99. The van der Waals surface area contributed by atoms with Crippen molar-refractivity contribution in [1.29, 1.82) is 5.26 Å². The van der Waals surface area contributed by atoms with Crippen molar-refractivity contribution >= 4 is 6.02 Å². The van der Waals surface area contributed by atoms with Gasteiger partial charge in [0, 0.05) is 12.4 Å². The molecular weight excluding hydrogens is 170 g/mol. The van der Waals surface area contributed by atoms with E-state index in [1.165, 1.54) is 7.11 Å². The first kappa shape index (κ1) is 9.06. The summed E-state index contributed by atoms with van der Waals surface area (Å²) in [7, 11) is 1.44. The Hall–Kier alpha value is -2.03. The molecule has 0 saturated heterocycles. The van der Waals surface area contributed by atoms with E-state index in [0.29, 0.717) is 12.4 Å². The lowest BCUT2D eigenvalue weighted by atomic mass is 10.6. The number of aliphatic imine (C=N–C) groups is 1. The highest BCUT2D eigenvalue weighted by atomic mass is 16.5. The smallest absolute Gasteiger partial charge is 0.298 e. The molecule has 6 heteroatoms. The predicted octanol–water partition coefficient (Wildman–Crippen LogP) is -0.0172. The van der Waals surface area contributed by atoms with Crippen LogP contribution in [0.15, 0.2) is 17.4 Å². The molecule has 0 atom stereocenters. The maximum absolute atomic E-state index is 8.28. The molecule has 1 heterocycles. The van der Waals surface area contributed by atoms with E-state index >= 15 is 0 Å². The molecule has 13 heavy (non-hydrogen) atoms. The van der Waals surface area contributed by atoms with Gasteiger partial charge in [-0.1, -0.05) is 0 Å². The molecule has 1 aromatic heterocycles. The zero-order valence-corrected chi connectivity index (χ0v) is 7.11. The summed E-state index contributed by atoms with van der Waals surface area (Å²) in [6.07, 6.45) is 5.05. The maximum atomic E-state index is 8.28. The Balaban J connectivity index is 2.51. The standard InChI is InChI=1S/C7H9N5O/c1-13-7(12-5-8)11-4-6-9-2-3-10-6/h2-3H,4H2,1H3,(H,9,10)(H,11,12). The number of hydrogen-bond acceptors (Lipinski definition) is 4. The Morgan fingerprint density at radius 1 is 1.92 bits per heavy atom. The van der Waals surface area contributed by atoms with E-state index in [4.69, 9.17) is 10.00 Å². The Labute approximate surface area is 75.3 Å².